The fourth-order valence-corrected chi connectivity index (χ4v) is 2.03. The molecule has 0 atom stereocenters. The van der Waals surface area contributed by atoms with E-state index in [9.17, 15) is 18.0 Å². The number of halogens is 3. The van der Waals surface area contributed by atoms with Crippen molar-refractivity contribution in [3.05, 3.63) is 41.7 Å². The molecule has 0 saturated heterocycles. The van der Waals surface area contributed by atoms with Crippen molar-refractivity contribution >= 4 is 11.6 Å². The topological polar surface area (TPSA) is 56.2 Å². The van der Waals surface area contributed by atoms with E-state index in [4.69, 9.17) is 4.74 Å². The Balaban J connectivity index is 1.98. The summed E-state index contributed by atoms with van der Waals surface area (Å²) in [6.45, 7) is 2.59. The third-order valence-corrected chi connectivity index (χ3v) is 3.13. The van der Waals surface area contributed by atoms with Crippen LogP contribution in [0.1, 0.15) is 17.5 Å². The first-order chi connectivity index (χ1) is 11.2. The van der Waals surface area contributed by atoms with E-state index in [1.165, 1.54) is 12.1 Å². The summed E-state index contributed by atoms with van der Waals surface area (Å²) in [5.41, 5.74) is 1.93. The van der Waals surface area contributed by atoms with Gasteiger partial charge in [-0.05, 0) is 37.1 Å². The van der Waals surface area contributed by atoms with Crippen LogP contribution >= 0.6 is 0 Å². The summed E-state index contributed by atoms with van der Waals surface area (Å²) in [7, 11) is 0. The SMILES string of the molecule is Cc1ccc(NC(=O)CCn2cc(C)cn2)c(OCC(F)(F)F)c1. The molecular weight excluding hydrogens is 323 g/mol. The number of aryl methyl sites for hydroxylation is 3. The second-order valence-electron chi connectivity index (χ2n) is 5.48. The maximum Gasteiger partial charge on any atom is 0.422 e. The summed E-state index contributed by atoms with van der Waals surface area (Å²) in [5.74, 6) is -0.334. The minimum atomic E-state index is -4.44. The van der Waals surface area contributed by atoms with Gasteiger partial charge in [0.1, 0.15) is 5.75 Å². The van der Waals surface area contributed by atoms with Gasteiger partial charge in [-0.2, -0.15) is 18.3 Å². The van der Waals surface area contributed by atoms with E-state index in [0.29, 0.717) is 6.54 Å². The Bertz CT molecular complexity index is 711. The first-order valence-electron chi connectivity index (χ1n) is 7.32. The molecule has 8 heteroatoms. The van der Waals surface area contributed by atoms with Gasteiger partial charge in [-0.1, -0.05) is 6.07 Å². The zero-order valence-electron chi connectivity index (χ0n) is 13.4. The zero-order chi connectivity index (χ0) is 17.7. The molecule has 0 radical (unpaired) electrons. The minimum Gasteiger partial charge on any atom is -0.482 e. The first kappa shape index (κ1) is 17.8. The second-order valence-corrected chi connectivity index (χ2v) is 5.48. The predicted molar refractivity (Wildman–Crippen MR) is 82.9 cm³/mol. The number of rotatable bonds is 6. The molecule has 1 aromatic heterocycles. The molecule has 2 rings (SSSR count). The van der Waals surface area contributed by atoms with E-state index < -0.39 is 12.8 Å². The number of nitrogens with one attached hydrogen (secondary N) is 1. The molecule has 130 valence electrons. The van der Waals surface area contributed by atoms with Crippen LogP contribution in [0.5, 0.6) is 5.75 Å². The van der Waals surface area contributed by atoms with Gasteiger partial charge in [-0.25, -0.2) is 0 Å². The lowest BCUT2D eigenvalue weighted by molar-refractivity contribution is -0.153. The summed E-state index contributed by atoms with van der Waals surface area (Å²) in [4.78, 5) is 12.0. The largest absolute Gasteiger partial charge is 0.482 e. The lowest BCUT2D eigenvalue weighted by atomic mass is 10.2. The van der Waals surface area contributed by atoms with E-state index in [1.54, 1.807) is 30.1 Å². The summed E-state index contributed by atoms with van der Waals surface area (Å²) in [6.07, 6.45) is -0.811. The van der Waals surface area contributed by atoms with Gasteiger partial charge in [0, 0.05) is 19.2 Å². The molecule has 1 heterocycles. The van der Waals surface area contributed by atoms with Gasteiger partial charge < -0.3 is 10.1 Å². The second kappa shape index (κ2) is 7.37. The van der Waals surface area contributed by atoms with Crippen LogP contribution in [-0.4, -0.2) is 28.5 Å². The number of hydrogen-bond donors (Lipinski definition) is 1. The molecule has 0 fully saturated rings. The van der Waals surface area contributed by atoms with Crippen LogP contribution in [0.25, 0.3) is 0 Å². The summed E-state index contributed by atoms with van der Waals surface area (Å²) in [6, 6.07) is 4.67. The van der Waals surface area contributed by atoms with Gasteiger partial charge in [0.15, 0.2) is 6.61 Å². The summed E-state index contributed by atoms with van der Waals surface area (Å²) < 4.78 is 43.4. The lowest BCUT2D eigenvalue weighted by Gasteiger charge is -2.14. The molecule has 0 aliphatic carbocycles. The maximum atomic E-state index is 12.3. The van der Waals surface area contributed by atoms with Crippen molar-refractivity contribution in [2.75, 3.05) is 11.9 Å². The fraction of sp³-hybridized carbons (Fsp3) is 0.375. The quantitative estimate of drug-likeness (QED) is 0.875. The highest BCUT2D eigenvalue weighted by molar-refractivity contribution is 5.92. The third kappa shape index (κ3) is 5.60. The summed E-state index contributed by atoms with van der Waals surface area (Å²) in [5, 5.41) is 6.65. The number of ether oxygens (including phenoxy) is 1. The van der Waals surface area contributed by atoms with Gasteiger partial charge in [-0.15, -0.1) is 0 Å². The Morgan fingerprint density at radius 2 is 2.04 bits per heavy atom. The molecule has 0 aliphatic heterocycles. The molecule has 0 saturated carbocycles. The standard InChI is InChI=1S/C16H18F3N3O2/c1-11-3-4-13(14(7-11)24-10-16(17,18)19)21-15(23)5-6-22-9-12(2)8-20-22/h3-4,7-9H,5-6,10H2,1-2H3,(H,21,23). The molecule has 1 amide bonds. The molecule has 0 unspecified atom stereocenters. The number of benzene rings is 1. The lowest BCUT2D eigenvalue weighted by Crippen LogP contribution is -2.20. The average molecular weight is 341 g/mol. The average Bonchev–Trinajstić information content (AvgIpc) is 2.90. The van der Waals surface area contributed by atoms with Crippen LogP contribution < -0.4 is 10.1 Å². The first-order valence-corrected chi connectivity index (χ1v) is 7.32. The maximum absolute atomic E-state index is 12.3. The highest BCUT2D eigenvalue weighted by Gasteiger charge is 2.29. The van der Waals surface area contributed by atoms with Crippen LogP contribution in [-0.2, 0) is 11.3 Å². The number of anilines is 1. The Morgan fingerprint density at radius 1 is 1.29 bits per heavy atom. The Kier molecular flexibility index (Phi) is 5.48. The van der Waals surface area contributed by atoms with E-state index in [0.717, 1.165) is 11.1 Å². The number of hydrogen-bond acceptors (Lipinski definition) is 3. The van der Waals surface area contributed by atoms with Gasteiger partial charge in [-0.3, -0.25) is 9.48 Å². The van der Waals surface area contributed by atoms with Crippen molar-refractivity contribution in [1.29, 1.82) is 0 Å². The molecule has 1 N–H and O–H groups in total. The highest BCUT2D eigenvalue weighted by atomic mass is 19.4. The molecule has 5 nitrogen and oxygen atoms in total. The highest BCUT2D eigenvalue weighted by Crippen LogP contribution is 2.28. The molecular formula is C16H18F3N3O2. The van der Waals surface area contributed by atoms with Crippen LogP contribution in [0, 0.1) is 13.8 Å². The van der Waals surface area contributed by atoms with Gasteiger partial charge in [0.25, 0.3) is 0 Å². The van der Waals surface area contributed by atoms with Crippen molar-refractivity contribution < 1.29 is 22.7 Å². The van der Waals surface area contributed by atoms with Crippen molar-refractivity contribution in [2.45, 2.75) is 33.0 Å². The molecule has 2 aromatic rings. The van der Waals surface area contributed by atoms with Crippen LogP contribution in [0.3, 0.4) is 0 Å². The van der Waals surface area contributed by atoms with Crippen LogP contribution in [0.15, 0.2) is 30.6 Å². The normalized spacial score (nSPS) is 11.4. The molecule has 1 aromatic carbocycles. The van der Waals surface area contributed by atoms with Gasteiger partial charge in [0.05, 0.1) is 11.9 Å². The van der Waals surface area contributed by atoms with Crippen molar-refractivity contribution in [3.8, 4) is 5.75 Å². The Labute approximate surface area is 137 Å². The van der Waals surface area contributed by atoms with E-state index in [-0.39, 0.29) is 23.8 Å². The van der Waals surface area contributed by atoms with Crippen LogP contribution in [0.4, 0.5) is 18.9 Å². The molecule has 0 aliphatic rings. The van der Waals surface area contributed by atoms with Crippen molar-refractivity contribution in [3.63, 3.8) is 0 Å². The van der Waals surface area contributed by atoms with E-state index in [2.05, 4.69) is 10.4 Å². The van der Waals surface area contributed by atoms with Crippen molar-refractivity contribution in [1.82, 2.24) is 9.78 Å². The zero-order valence-corrected chi connectivity index (χ0v) is 13.4. The van der Waals surface area contributed by atoms with E-state index in [1.807, 2.05) is 6.92 Å². The fourth-order valence-electron chi connectivity index (χ4n) is 2.03. The third-order valence-electron chi connectivity index (χ3n) is 3.13. The van der Waals surface area contributed by atoms with Gasteiger partial charge in [0.2, 0.25) is 5.91 Å². The van der Waals surface area contributed by atoms with Crippen molar-refractivity contribution in [2.24, 2.45) is 0 Å². The van der Waals surface area contributed by atoms with E-state index >= 15 is 0 Å². The predicted octanol–water partition coefficient (Wildman–Crippen LogP) is 3.47. The molecule has 24 heavy (non-hydrogen) atoms. The monoisotopic (exact) mass is 341 g/mol. The minimum absolute atomic E-state index is 0.00407. The number of amides is 1. The Hall–Kier alpha value is -2.51. The smallest absolute Gasteiger partial charge is 0.422 e. The number of alkyl halides is 3. The molecule has 0 bridgehead atoms. The number of carbonyl (C=O) groups excluding carboxylic acids is 1. The van der Waals surface area contributed by atoms with Gasteiger partial charge >= 0.3 is 6.18 Å². The Morgan fingerprint density at radius 3 is 2.67 bits per heavy atom. The number of aromatic nitrogens is 2. The van der Waals surface area contributed by atoms with Crippen LogP contribution in [0.2, 0.25) is 0 Å². The molecule has 0 spiro atoms. The summed E-state index contributed by atoms with van der Waals surface area (Å²) >= 11 is 0. The number of nitrogens with zero attached hydrogens (tertiary/aromatic N) is 2. The number of carbonyl (C=O) groups is 1.